The minimum Gasteiger partial charge on any atom is -0.337 e. The predicted octanol–water partition coefficient (Wildman–Crippen LogP) is 4.38. The number of nitrogens with zero attached hydrogens (tertiary/aromatic N) is 3. The molecule has 2 aromatic rings. The van der Waals surface area contributed by atoms with Gasteiger partial charge in [0, 0.05) is 35.8 Å². The number of thioether (sulfide) groups is 1. The summed E-state index contributed by atoms with van der Waals surface area (Å²) in [6.07, 6.45) is 5.94. The van der Waals surface area contributed by atoms with Crippen molar-refractivity contribution >= 4 is 29.1 Å². The molecule has 1 N–H and O–H groups in total. The fourth-order valence-electron chi connectivity index (χ4n) is 3.43. The molecule has 26 heavy (non-hydrogen) atoms. The zero-order valence-corrected chi connectivity index (χ0v) is 16.4. The first-order valence-corrected chi connectivity index (χ1v) is 10.1. The largest absolute Gasteiger partial charge is 0.337 e. The highest BCUT2D eigenvalue weighted by Gasteiger charge is 2.34. The van der Waals surface area contributed by atoms with Gasteiger partial charge in [0.05, 0.1) is 17.1 Å². The van der Waals surface area contributed by atoms with Gasteiger partial charge in [0.15, 0.2) is 5.11 Å². The zero-order valence-electron chi connectivity index (χ0n) is 14.8. The van der Waals surface area contributed by atoms with Gasteiger partial charge in [-0.2, -0.15) is 0 Å². The van der Waals surface area contributed by atoms with Crippen molar-refractivity contribution in [1.29, 1.82) is 0 Å². The lowest BCUT2D eigenvalue weighted by atomic mass is 10.0. The predicted molar refractivity (Wildman–Crippen MR) is 112 cm³/mol. The van der Waals surface area contributed by atoms with E-state index in [1.165, 1.54) is 16.2 Å². The molecule has 0 amide bonds. The van der Waals surface area contributed by atoms with E-state index in [1.807, 2.05) is 25.0 Å². The lowest BCUT2D eigenvalue weighted by Crippen LogP contribution is -2.42. The maximum atomic E-state index is 5.61. The average molecular weight is 383 g/mol. The number of hydrogen-bond acceptors (Lipinski definition) is 3. The van der Waals surface area contributed by atoms with Crippen LogP contribution in [0.25, 0.3) is 0 Å². The Morgan fingerprint density at radius 3 is 2.85 bits per heavy atom. The molecule has 1 atom stereocenters. The van der Waals surface area contributed by atoms with Crippen LogP contribution in [0.15, 0.2) is 65.7 Å². The van der Waals surface area contributed by atoms with Crippen molar-refractivity contribution in [3.8, 4) is 0 Å². The van der Waals surface area contributed by atoms with Gasteiger partial charge in [-0.3, -0.25) is 0 Å². The van der Waals surface area contributed by atoms with E-state index in [0.717, 1.165) is 42.4 Å². The molecule has 0 aliphatic carbocycles. The highest BCUT2D eigenvalue weighted by atomic mass is 32.2. The maximum Gasteiger partial charge on any atom is 0.178 e. The van der Waals surface area contributed by atoms with E-state index in [-0.39, 0.29) is 0 Å². The van der Waals surface area contributed by atoms with E-state index in [4.69, 9.17) is 12.2 Å². The number of aromatic nitrogens is 2. The summed E-state index contributed by atoms with van der Waals surface area (Å²) in [5.74, 6) is 0. The maximum absolute atomic E-state index is 5.61. The van der Waals surface area contributed by atoms with Gasteiger partial charge in [-0.05, 0) is 37.5 Å². The molecule has 1 aromatic carbocycles. The summed E-state index contributed by atoms with van der Waals surface area (Å²) in [7, 11) is 0. The van der Waals surface area contributed by atoms with Crippen LogP contribution in [0.1, 0.15) is 29.3 Å². The first-order chi connectivity index (χ1) is 12.6. The van der Waals surface area contributed by atoms with Crippen molar-refractivity contribution in [3.63, 3.8) is 0 Å². The number of thiocarbonyl (C=S) groups is 1. The van der Waals surface area contributed by atoms with Gasteiger partial charge in [0.25, 0.3) is 0 Å². The third kappa shape index (κ3) is 3.44. The summed E-state index contributed by atoms with van der Waals surface area (Å²) >= 11 is 7.47. The summed E-state index contributed by atoms with van der Waals surface area (Å²) in [6.45, 7) is 8.16. The quantitative estimate of drug-likeness (QED) is 0.776. The Morgan fingerprint density at radius 1 is 1.31 bits per heavy atom. The molecule has 134 valence electrons. The summed E-state index contributed by atoms with van der Waals surface area (Å²) in [5, 5.41) is 5.80. The van der Waals surface area contributed by atoms with Gasteiger partial charge in [0.1, 0.15) is 0 Å². The summed E-state index contributed by atoms with van der Waals surface area (Å²) in [4.78, 5) is 6.42. The first-order valence-electron chi connectivity index (χ1n) is 8.83. The Bertz CT molecular complexity index is 869. The number of nitrogens with one attached hydrogen (secondary N) is 1. The van der Waals surface area contributed by atoms with Crippen LogP contribution in [0.3, 0.4) is 0 Å². The Morgan fingerprint density at radius 2 is 2.12 bits per heavy atom. The van der Waals surface area contributed by atoms with Crippen LogP contribution in [0.5, 0.6) is 0 Å². The molecule has 4 rings (SSSR count). The van der Waals surface area contributed by atoms with Crippen molar-refractivity contribution in [2.24, 2.45) is 0 Å². The lowest BCUT2D eigenvalue weighted by molar-refractivity contribution is 0.463. The topological polar surface area (TPSA) is 33.1 Å². The monoisotopic (exact) mass is 382 g/mol. The summed E-state index contributed by atoms with van der Waals surface area (Å²) < 4.78 is 2.13. The Balaban J connectivity index is 1.40. The van der Waals surface area contributed by atoms with E-state index in [0.29, 0.717) is 5.25 Å². The molecule has 0 saturated heterocycles. The van der Waals surface area contributed by atoms with Crippen LogP contribution in [0, 0.1) is 6.92 Å². The Labute approximate surface area is 164 Å². The number of hydrogen-bond donors (Lipinski definition) is 1. The zero-order chi connectivity index (χ0) is 18.1. The van der Waals surface area contributed by atoms with E-state index in [2.05, 4.69) is 62.9 Å². The molecule has 0 spiro atoms. The van der Waals surface area contributed by atoms with Crippen LogP contribution < -0.4 is 5.32 Å². The fourth-order valence-corrected chi connectivity index (χ4v) is 5.13. The van der Waals surface area contributed by atoms with Crippen molar-refractivity contribution in [2.75, 3.05) is 6.54 Å². The van der Waals surface area contributed by atoms with Crippen LogP contribution in [-0.2, 0) is 6.54 Å². The normalized spacial score (nSPS) is 19.7. The van der Waals surface area contributed by atoms with E-state index in [9.17, 15) is 0 Å². The number of benzene rings is 1. The SMILES string of the molecule is C=C1C2=C(NC(=S)N1CCCn1cnc(C)c1)SC(c1ccccc1)C2. The van der Waals surface area contributed by atoms with Gasteiger partial charge < -0.3 is 14.8 Å². The molecule has 2 aliphatic rings. The van der Waals surface area contributed by atoms with Crippen molar-refractivity contribution in [1.82, 2.24) is 19.8 Å². The third-order valence-corrected chi connectivity index (χ3v) is 6.43. The van der Waals surface area contributed by atoms with Crippen LogP contribution >= 0.6 is 24.0 Å². The van der Waals surface area contributed by atoms with Gasteiger partial charge in [-0.25, -0.2) is 4.98 Å². The fraction of sp³-hybridized carbons (Fsp3) is 0.300. The second-order valence-corrected chi connectivity index (χ2v) is 8.26. The average Bonchev–Trinajstić information content (AvgIpc) is 3.25. The van der Waals surface area contributed by atoms with Crippen LogP contribution in [0.4, 0.5) is 0 Å². The molecular weight excluding hydrogens is 360 g/mol. The third-order valence-electron chi connectivity index (χ3n) is 4.80. The van der Waals surface area contributed by atoms with Crippen molar-refractivity contribution in [3.05, 3.63) is 77.0 Å². The minimum atomic E-state index is 0.433. The van der Waals surface area contributed by atoms with Gasteiger partial charge in [-0.15, -0.1) is 0 Å². The van der Waals surface area contributed by atoms with Crippen LogP contribution in [0.2, 0.25) is 0 Å². The number of aryl methyl sites for hydroxylation is 2. The van der Waals surface area contributed by atoms with Gasteiger partial charge in [-0.1, -0.05) is 48.7 Å². The van der Waals surface area contributed by atoms with Crippen molar-refractivity contribution in [2.45, 2.75) is 31.6 Å². The molecule has 0 saturated carbocycles. The standard InChI is InChI=1S/C20H22N4S2/c1-14-12-23(13-21-14)9-6-10-24-15(2)17-11-18(16-7-4-3-5-8-16)26-19(17)22-20(24)25/h3-5,7-8,12-13,18H,2,6,9-11H2,1H3,(H,22,25). The highest BCUT2D eigenvalue weighted by molar-refractivity contribution is 8.03. The second kappa shape index (κ2) is 7.29. The van der Waals surface area contributed by atoms with Gasteiger partial charge >= 0.3 is 0 Å². The van der Waals surface area contributed by atoms with E-state index in [1.54, 1.807) is 0 Å². The molecule has 0 bridgehead atoms. The van der Waals surface area contributed by atoms with Crippen LogP contribution in [-0.4, -0.2) is 26.1 Å². The smallest absolute Gasteiger partial charge is 0.178 e. The molecule has 3 heterocycles. The molecule has 6 heteroatoms. The van der Waals surface area contributed by atoms with E-state index < -0.39 is 0 Å². The highest BCUT2D eigenvalue weighted by Crippen LogP contribution is 2.50. The summed E-state index contributed by atoms with van der Waals surface area (Å²) in [5.41, 5.74) is 4.76. The number of imidazole rings is 1. The molecule has 1 aromatic heterocycles. The number of allylic oxidation sites excluding steroid dienone is 1. The second-order valence-electron chi connectivity index (χ2n) is 6.66. The molecular formula is C20H22N4S2. The Hall–Kier alpha value is -2.05. The van der Waals surface area contributed by atoms with E-state index >= 15 is 0 Å². The lowest BCUT2D eigenvalue weighted by Gasteiger charge is -2.33. The minimum absolute atomic E-state index is 0.433. The molecule has 0 radical (unpaired) electrons. The molecule has 4 nitrogen and oxygen atoms in total. The number of rotatable bonds is 5. The summed E-state index contributed by atoms with van der Waals surface area (Å²) in [6, 6.07) is 10.7. The first kappa shape index (κ1) is 17.4. The van der Waals surface area contributed by atoms with Gasteiger partial charge in [0.2, 0.25) is 0 Å². The molecule has 2 aliphatic heterocycles. The molecule has 1 unspecified atom stereocenters. The van der Waals surface area contributed by atoms with Crippen molar-refractivity contribution < 1.29 is 0 Å². The Kier molecular flexibility index (Phi) is 4.87. The molecule has 0 fully saturated rings.